The first-order chi connectivity index (χ1) is 21.8. The van der Waals surface area contributed by atoms with Gasteiger partial charge in [-0.3, -0.25) is 4.68 Å². The zero-order valence-corrected chi connectivity index (χ0v) is 24.8. The van der Waals surface area contributed by atoms with E-state index in [2.05, 4.69) is 20.1 Å². The number of hydrogen-bond acceptors (Lipinski definition) is 8. The second-order valence-corrected chi connectivity index (χ2v) is 11.8. The van der Waals surface area contributed by atoms with E-state index in [0.717, 1.165) is 34.0 Å². The second kappa shape index (κ2) is 11.8. The van der Waals surface area contributed by atoms with Gasteiger partial charge in [0.25, 0.3) is 0 Å². The average molecular weight is 629 g/mol. The first kappa shape index (κ1) is 28.7. The maximum Gasteiger partial charge on any atom is 0.335 e. The number of aromatic nitrogens is 6. The average Bonchev–Trinajstić information content (AvgIpc) is 3.74. The number of rotatable bonds is 10. The molecule has 1 saturated heterocycles. The van der Waals surface area contributed by atoms with E-state index in [1.165, 1.54) is 17.4 Å². The Morgan fingerprint density at radius 3 is 2.76 bits per heavy atom. The standard InChI is InChI=1S/C32H26F2N6O4S/c1-39-15-20(13-36-39)31-35-14-22(45-31)17-44-30-4-2-3-26(38-30)23-12-24(33)19(9-25(23)34)11-29-37-27-6-5-18(32(41)42)10-28(27)40(29)16-21-7-8-43-21/h2-6,9-10,12-15,21H,7-8,11,16-17H2,1H3,(H,41,42). The van der Waals surface area contributed by atoms with Gasteiger partial charge in [-0.05, 0) is 48.4 Å². The molecule has 1 aliphatic rings. The molecule has 1 atom stereocenters. The van der Waals surface area contributed by atoms with Crippen LogP contribution < -0.4 is 4.74 Å². The Labute approximate surface area is 259 Å². The van der Waals surface area contributed by atoms with Crippen molar-refractivity contribution < 1.29 is 28.2 Å². The van der Waals surface area contributed by atoms with Gasteiger partial charge in [0, 0.05) is 49.7 Å². The van der Waals surface area contributed by atoms with E-state index >= 15 is 8.78 Å². The van der Waals surface area contributed by atoms with Crippen molar-refractivity contribution in [2.75, 3.05) is 6.61 Å². The highest BCUT2D eigenvalue weighted by Gasteiger charge is 2.24. The number of benzene rings is 2. The molecule has 4 aromatic heterocycles. The van der Waals surface area contributed by atoms with Gasteiger partial charge in [0.05, 0.1) is 46.0 Å². The van der Waals surface area contributed by atoms with Crippen LogP contribution in [0.1, 0.15) is 33.0 Å². The minimum atomic E-state index is -1.06. The topological polar surface area (TPSA) is 117 Å². The highest BCUT2D eigenvalue weighted by Crippen LogP contribution is 2.30. The summed E-state index contributed by atoms with van der Waals surface area (Å²) in [6, 6.07) is 11.8. The van der Waals surface area contributed by atoms with Crippen LogP contribution in [-0.4, -0.2) is 53.1 Å². The molecule has 0 saturated carbocycles. The molecule has 228 valence electrons. The van der Waals surface area contributed by atoms with Crippen LogP contribution in [0.5, 0.6) is 5.88 Å². The van der Waals surface area contributed by atoms with Crippen LogP contribution in [-0.2, 0) is 31.4 Å². The number of ether oxygens (including phenoxy) is 2. The monoisotopic (exact) mass is 628 g/mol. The number of nitrogens with zero attached hydrogens (tertiary/aromatic N) is 6. The summed E-state index contributed by atoms with van der Waals surface area (Å²) in [6.45, 7) is 1.29. The van der Waals surface area contributed by atoms with E-state index in [1.54, 1.807) is 47.4 Å². The van der Waals surface area contributed by atoms with Gasteiger partial charge < -0.3 is 19.1 Å². The number of carbonyl (C=O) groups is 1. The Morgan fingerprint density at radius 2 is 2.00 bits per heavy atom. The molecular weight excluding hydrogens is 602 g/mol. The van der Waals surface area contributed by atoms with Gasteiger partial charge >= 0.3 is 5.97 Å². The highest BCUT2D eigenvalue weighted by molar-refractivity contribution is 7.15. The molecule has 5 heterocycles. The second-order valence-electron chi connectivity index (χ2n) is 10.7. The first-order valence-corrected chi connectivity index (χ1v) is 15.0. The molecule has 1 aliphatic heterocycles. The molecule has 0 spiro atoms. The summed E-state index contributed by atoms with van der Waals surface area (Å²) in [5, 5.41) is 14.5. The van der Waals surface area contributed by atoms with Gasteiger partial charge in [-0.2, -0.15) is 5.10 Å². The molecule has 0 aliphatic carbocycles. The molecular formula is C32H26F2N6O4S. The maximum atomic E-state index is 15.5. The number of thiazole rings is 1. The fourth-order valence-corrected chi connectivity index (χ4v) is 6.00. The summed E-state index contributed by atoms with van der Waals surface area (Å²) in [7, 11) is 1.84. The number of hydrogen-bond donors (Lipinski definition) is 1. The number of aromatic carboxylic acids is 1. The molecule has 7 rings (SSSR count). The molecule has 6 aromatic rings. The van der Waals surface area contributed by atoms with E-state index < -0.39 is 17.6 Å². The van der Waals surface area contributed by atoms with Crippen molar-refractivity contribution in [2.24, 2.45) is 7.05 Å². The zero-order chi connectivity index (χ0) is 31.1. The lowest BCUT2D eigenvalue weighted by atomic mass is 10.0. The van der Waals surface area contributed by atoms with Crippen LogP contribution in [0, 0.1) is 11.6 Å². The van der Waals surface area contributed by atoms with Crippen LogP contribution >= 0.6 is 11.3 Å². The van der Waals surface area contributed by atoms with Gasteiger partial charge in [0.2, 0.25) is 5.88 Å². The summed E-state index contributed by atoms with van der Waals surface area (Å²) in [6.07, 6.45) is 6.14. The summed E-state index contributed by atoms with van der Waals surface area (Å²) >= 11 is 1.47. The molecule has 1 N–H and O–H groups in total. The van der Waals surface area contributed by atoms with Gasteiger partial charge in [-0.25, -0.2) is 28.5 Å². The Balaban J connectivity index is 1.11. The van der Waals surface area contributed by atoms with Crippen molar-refractivity contribution in [3.63, 3.8) is 0 Å². The Hall–Kier alpha value is -5.01. The summed E-state index contributed by atoms with van der Waals surface area (Å²) in [5.41, 5.74) is 2.54. The van der Waals surface area contributed by atoms with E-state index in [4.69, 9.17) is 9.47 Å². The van der Waals surface area contributed by atoms with E-state index in [1.807, 2.05) is 17.8 Å². The van der Waals surface area contributed by atoms with Gasteiger partial charge in [-0.15, -0.1) is 11.3 Å². The third-order valence-corrected chi connectivity index (χ3v) is 8.63. The van der Waals surface area contributed by atoms with E-state index in [-0.39, 0.29) is 47.4 Å². The third kappa shape index (κ3) is 5.91. The van der Waals surface area contributed by atoms with Crippen molar-refractivity contribution in [2.45, 2.75) is 32.1 Å². The molecule has 1 fully saturated rings. The molecule has 10 nitrogen and oxygen atoms in total. The van der Waals surface area contributed by atoms with Crippen molar-refractivity contribution in [1.82, 2.24) is 29.3 Å². The van der Waals surface area contributed by atoms with Crippen LogP contribution in [0.25, 0.3) is 32.9 Å². The quantitative estimate of drug-likeness (QED) is 0.200. The predicted octanol–water partition coefficient (Wildman–Crippen LogP) is 5.89. The minimum absolute atomic E-state index is 0.000696. The Bertz CT molecular complexity index is 2050. The number of imidazole rings is 1. The number of halogens is 2. The van der Waals surface area contributed by atoms with E-state index in [9.17, 15) is 9.90 Å². The van der Waals surface area contributed by atoms with Crippen molar-refractivity contribution >= 4 is 28.3 Å². The predicted molar refractivity (Wildman–Crippen MR) is 162 cm³/mol. The lowest BCUT2D eigenvalue weighted by Gasteiger charge is -2.27. The normalized spacial score (nSPS) is 14.5. The fraction of sp³-hybridized carbons (Fsp3) is 0.219. The molecule has 2 aromatic carbocycles. The SMILES string of the molecule is Cn1cc(-c2ncc(COc3cccc(-c4cc(F)c(Cc5nc6ccc(C(=O)O)cc6n5CC5CCO5)cc4F)n3)s2)cn1. The number of fused-ring (bicyclic) bond motifs is 1. The van der Waals surface area contributed by atoms with Gasteiger partial charge in [0.15, 0.2) is 0 Å². The maximum absolute atomic E-state index is 15.5. The number of pyridine rings is 1. The lowest BCUT2D eigenvalue weighted by molar-refractivity contribution is -0.0589. The largest absolute Gasteiger partial charge is 0.478 e. The summed E-state index contributed by atoms with van der Waals surface area (Å²) in [4.78, 5) is 25.9. The lowest BCUT2D eigenvalue weighted by Crippen LogP contribution is -2.31. The molecule has 13 heteroatoms. The molecule has 0 radical (unpaired) electrons. The Morgan fingerprint density at radius 1 is 1.13 bits per heavy atom. The van der Waals surface area contributed by atoms with Crippen LogP contribution in [0.15, 0.2) is 67.1 Å². The third-order valence-electron chi connectivity index (χ3n) is 7.61. The summed E-state index contributed by atoms with van der Waals surface area (Å²) in [5.74, 6) is -1.57. The minimum Gasteiger partial charge on any atom is -0.478 e. The number of carboxylic acids is 1. The van der Waals surface area contributed by atoms with Crippen molar-refractivity contribution in [1.29, 1.82) is 0 Å². The summed E-state index contributed by atoms with van der Waals surface area (Å²) < 4.78 is 46.0. The van der Waals surface area contributed by atoms with E-state index in [0.29, 0.717) is 30.0 Å². The molecule has 1 unspecified atom stereocenters. The van der Waals surface area contributed by atoms with Crippen molar-refractivity contribution in [3.05, 3.63) is 101 Å². The number of carboxylic acid groups (broad SMARTS) is 1. The first-order valence-electron chi connectivity index (χ1n) is 14.2. The van der Waals surface area contributed by atoms with Crippen LogP contribution in [0.2, 0.25) is 0 Å². The van der Waals surface area contributed by atoms with Crippen molar-refractivity contribution in [3.8, 4) is 27.7 Å². The zero-order valence-electron chi connectivity index (χ0n) is 24.0. The highest BCUT2D eigenvalue weighted by atomic mass is 32.1. The molecule has 0 bridgehead atoms. The van der Waals surface area contributed by atoms with Gasteiger partial charge in [0.1, 0.15) is 29.1 Å². The van der Waals surface area contributed by atoms with Crippen LogP contribution in [0.4, 0.5) is 8.78 Å². The fourth-order valence-electron chi connectivity index (χ4n) is 5.20. The Kier molecular flexibility index (Phi) is 7.55. The van der Waals surface area contributed by atoms with Gasteiger partial charge in [-0.1, -0.05) is 6.07 Å². The number of aryl methyl sites for hydroxylation is 1. The smallest absolute Gasteiger partial charge is 0.335 e. The molecule has 0 amide bonds. The van der Waals surface area contributed by atoms with Crippen LogP contribution in [0.3, 0.4) is 0 Å². The molecule has 45 heavy (non-hydrogen) atoms.